The smallest absolute Gasteiger partial charge is 0.138 e. The summed E-state index contributed by atoms with van der Waals surface area (Å²) in [5, 5.41) is 16.1. The normalized spacial score (nSPS) is 11.4. The molecule has 8 rings (SSSR count). The van der Waals surface area contributed by atoms with Crippen molar-refractivity contribution in [3.63, 3.8) is 0 Å². The van der Waals surface area contributed by atoms with Gasteiger partial charge < -0.3 is 0 Å². The Morgan fingerprint density at radius 1 is 0.512 bits per heavy atom. The van der Waals surface area contributed by atoms with Crippen LogP contribution in [0.25, 0.3) is 71.8 Å². The van der Waals surface area contributed by atoms with E-state index in [1.165, 1.54) is 0 Å². The van der Waals surface area contributed by atoms with Gasteiger partial charge in [0.15, 0.2) is 0 Å². The molecule has 0 amide bonds. The highest BCUT2D eigenvalue weighted by Gasteiger charge is 2.17. The van der Waals surface area contributed by atoms with Crippen molar-refractivity contribution in [2.45, 2.75) is 0 Å². The fourth-order valence-corrected chi connectivity index (χ4v) is 5.99. The molecule has 0 radical (unpaired) electrons. The first-order chi connectivity index (χ1) is 20.3. The van der Waals surface area contributed by atoms with Crippen LogP contribution in [0.5, 0.6) is 0 Å². The van der Waals surface area contributed by atoms with Crippen molar-refractivity contribution < 1.29 is 0 Å². The summed E-state index contributed by atoms with van der Waals surface area (Å²) in [6.07, 6.45) is 3.73. The minimum Gasteiger partial charge on any atom is -0.294 e. The van der Waals surface area contributed by atoms with Crippen molar-refractivity contribution in [1.82, 2.24) is 19.5 Å². The number of aromatic nitrogens is 4. The number of hydrogen-bond donors (Lipinski definition) is 0. The van der Waals surface area contributed by atoms with E-state index in [4.69, 9.17) is 9.97 Å². The van der Waals surface area contributed by atoms with Gasteiger partial charge >= 0.3 is 0 Å². The van der Waals surface area contributed by atoms with Crippen LogP contribution in [0.2, 0.25) is 0 Å². The molecule has 0 saturated heterocycles. The topological polar surface area (TPSA) is 67.4 Å². The summed E-state index contributed by atoms with van der Waals surface area (Å²) in [5.74, 6) is 0.821. The lowest BCUT2D eigenvalue weighted by molar-refractivity contribution is 1.08. The number of nitriles is 1. The molecule has 0 aliphatic heterocycles. The average molecular weight is 524 g/mol. The fraction of sp³-hybridized carbons (Fsp3) is 0. The maximum Gasteiger partial charge on any atom is 0.138 e. The highest BCUT2D eigenvalue weighted by atomic mass is 15.1. The Labute approximate surface area is 235 Å². The lowest BCUT2D eigenvalue weighted by atomic mass is 9.90. The standard InChI is InChI=1S/C36H21N5/c37-21-28-23-9-1-3-12-26(23)36(27-13-4-2-10-24(27)28)32-16-7-14-30(39-32)31-15-8-18-35(40-31)41-33-17-6-5-11-25(33)29-22-38-20-19-34(29)41/h1-20,22H. The first-order valence-corrected chi connectivity index (χ1v) is 13.4. The summed E-state index contributed by atoms with van der Waals surface area (Å²) in [4.78, 5) is 14.6. The van der Waals surface area contributed by atoms with Crippen molar-refractivity contribution in [3.8, 4) is 34.5 Å². The number of fused-ring (bicyclic) bond motifs is 5. The van der Waals surface area contributed by atoms with E-state index < -0.39 is 0 Å². The van der Waals surface area contributed by atoms with Gasteiger partial charge in [0.05, 0.1) is 33.7 Å². The zero-order chi connectivity index (χ0) is 27.3. The second kappa shape index (κ2) is 9.11. The molecule has 4 aromatic heterocycles. The maximum atomic E-state index is 10.0. The van der Waals surface area contributed by atoms with E-state index in [2.05, 4.69) is 46.0 Å². The highest BCUT2D eigenvalue weighted by molar-refractivity contribution is 6.15. The molecule has 0 aliphatic carbocycles. The van der Waals surface area contributed by atoms with Crippen LogP contribution in [-0.4, -0.2) is 19.5 Å². The van der Waals surface area contributed by atoms with Gasteiger partial charge in [-0.25, -0.2) is 9.97 Å². The van der Waals surface area contributed by atoms with Crippen LogP contribution in [0, 0.1) is 11.3 Å². The molecule has 0 bridgehead atoms. The summed E-state index contributed by atoms with van der Waals surface area (Å²) in [6, 6.07) is 41.1. The molecule has 0 N–H and O–H groups in total. The molecule has 5 heteroatoms. The van der Waals surface area contributed by atoms with Crippen molar-refractivity contribution in [3.05, 3.63) is 133 Å². The summed E-state index contributed by atoms with van der Waals surface area (Å²) in [5.41, 5.74) is 6.25. The zero-order valence-electron chi connectivity index (χ0n) is 21.9. The third kappa shape index (κ3) is 3.52. The van der Waals surface area contributed by atoms with Crippen LogP contribution in [0.4, 0.5) is 0 Å². The monoisotopic (exact) mass is 523 g/mol. The number of pyridine rings is 3. The predicted molar refractivity (Wildman–Crippen MR) is 165 cm³/mol. The molecule has 41 heavy (non-hydrogen) atoms. The van der Waals surface area contributed by atoms with E-state index in [1.807, 2.05) is 97.3 Å². The molecular weight excluding hydrogens is 502 g/mol. The summed E-state index contributed by atoms with van der Waals surface area (Å²) >= 11 is 0. The van der Waals surface area contributed by atoms with Crippen LogP contribution in [0.3, 0.4) is 0 Å². The van der Waals surface area contributed by atoms with Gasteiger partial charge in [0.2, 0.25) is 0 Å². The molecule has 4 heterocycles. The Morgan fingerprint density at radius 2 is 1.10 bits per heavy atom. The third-order valence-corrected chi connectivity index (χ3v) is 7.75. The molecule has 0 spiro atoms. The van der Waals surface area contributed by atoms with Gasteiger partial charge in [-0.3, -0.25) is 9.55 Å². The lowest BCUT2D eigenvalue weighted by Gasteiger charge is -2.14. The predicted octanol–water partition coefficient (Wildman–Crippen LogP) is 8.48. The number of rotatable bonds is 3. The Bertz CT molecular complexity index is 2230. The molecule has 0 atom stereocenters. The van der Waals surface area contributed by atoms with E-state index in [9.17, 15) is 5.26 Å². The van der Waals surface area contributed by atoms with Gasteiger partial charge in [-0.05, 0) is 47.2 Å². The quantitative estimate of drug-likeness (QED) is 0.218. The molecule has 5 nitrogen and oxygen atoms in total. The lowest BCUT2D eigenvalue weighted by Crippen LogP contribution is -1.99. The largest absolute Gasteiger partial charge is 0.294 e. The Kier molecular flexibility index (Phi) is 5.13. The molecule has 0 unspecified atom stereocenters. The molecule has 0 saturated carbocycles. The van der Waals surface area contributed by atoms with Crippen LogP contribution >= 0.6 is 0 Å². The SMILES string of the molecule is N#Cc1c2ccccc2c(-c2cccc(-c3cccc(-n4c5ccccc5c5cnccc54)n3)n2)c2ccccc12. The van der Waals surface area contributed by atoms with E-state index in [1.54, 1.807) is 0 Å². The molecule has 8 aromatic rings. The molecule has 0 fully saturated rings. The first-order valence-electron chi connectivity index (χ1n) is 13.4. The van der Waals surface area contributed by atoms with Crippen molar-refractivity contribution in [2.24, 2.45) is 0 Å². The third-order valence-electron chi connectivity index (χ3n) is 7.75. The summed E-state index contributed by atoms with van der Waals surface area (Å²) in [7, 11) is 0. The van der Waals surface area contributed by atoms with E-state index >= 15 is 0 Å². The Balaban J connectivity index is 1.34. The molecular formula is C36H21N5. The Morgan fingerprint density at radius 3 is 1.83 bits per heavy atom. The highest BCUT2D eigenvalue weighted by Crippen LogP contribution is 2.39. The van der Waals surface area contributed by atoms with E-state index in [0.717, 1.165) is 71.8 Å². The van der Waals surface area contributed by atoms with Gasteiger partial charge in [-0.15, -0.1) is 0 Å². The second-order valence-electron chi connectivity index (χ2n) is 9.99. The van der Waals surface area contributed by atoms with Crippen molar-refractivity contribution in [2.75, 3.05) is 0 Å². The van der Waals surface area contributed by atoms with Gasteiger partial charge in [0, 0.05) is 39.5 Å². The van der Waals surface area contributed by atoms with Crippen molar-refractivity contribution in [1.29, 1.82) is 5.26 Å². The number of benzene rings is 4. The zero-order valence-corrected chi connectivity index (χ0v) is 21.9. The molecule has 0 aliphatic rings. The van der Waals surface area contributed by atoms with Crippen molar-refractivity contribution >= 4 is 43.4 Å². The maximum absolute atomic E-state index is 10.0. The van der Waals surface area contributed by atoms with Crippen LogP contribution in [-0.2, 0) is 0 Å². The Hall–Kier alpha value is -5.86. The summed E-state index contributed by atoms with van der Waals surface area (Å²) < 4.78 is 2.18. The molecule has 190 valence electrons. The second-order valence-corrected chi connectivity index (χ2v) is 9.99. The van der Waals surface area contributed by atoms with Gasteiger partial charge in [-0.2, -0.15) is 5.26 Å². The number of para-hydroxylation sites is 1. The number of hydrogen-bond acceptors (Lipinski definition) is 4. The minimum atomic E-state index is 0.687. The molecule has 4 aromatic carbocycles. The first kappa shape index (κ1) is 23.1. The fourth-order valence-electron chi connectivity index (χ4n) is 5.99. The van der Waals surface area contributed by atoms with Crippen LogP contribution < -0.4 is 0 Å². The van der Waals surface area contributed by atoms with Gasteiger partial charge in [-0.1, -0.05) is 78.9 Å². The number of nitrogens with zero attached hydrogens (tertiary/aromatic N) is 5. The minimum absolute atomic E-state index is 0.687. The van der Waals surface area contributed by atoms with Gasteiger partial charge in [0.1, 0.15) is 11.9 Å². The van der Waals surface area contributed by atoms with Crippen LogP contribution in [0.15, 0.2) is 128 Å². The van der Waals surface area contributed by atoms with Crippen LogP contribution in [0.1, 0.15) is 5.56 Å². The van der Waals surface area contributed by atoms with Gasteiger partial charge in [0.25, 0.3) is 0 Å². The van der Waals surface area contributed by atoms with E-state index in [-0.39, 0.29) is 0 Å². The average Bonchev–Trinajstić information content (AvgIpc) is 3.38. The van der Waals surface area contributed by atoms with E-state index in [0.29, 0.717) is 5.56 Å². The summed E-state index contributed by atoms with van der Waals surface area (Å²) in [6.45, 7) is 0.